The first kappa shape index (κ1) is 14.7. The Balaban J connectivity index is 2.14. The van der Waals surface area contributed by atoms with Crippen molar-refractivity contribution in [1.29, 1.82) is 0 Å². The molecule has 1 unspecified atom stereocenters. The van der Waals surface area contributed by atoms with Crippen molar-refractivity contribution >= 4 is 17.4 Å². The van der Waals surface area contributed by atoms with Crippen LogP contribution in [0.4, 0.5) is 5.69 Å². The average Bonchev–Trinajstić information content (AvgIpc) is 2.89. The molecule has 4 heteroatoms. The molecule has 1 atom stereocenters. The normalized spacial score (nSPS) is 21.7. The molecule has 0 aromatic heterocycles. The van der Waals surface area contributed by atoms with Crippen molar-refractivity contribution in [1.82, 2.24) is 5.32 Å². The van der Waals surface area contributed by atoms with E-state index in [0.717, 1.165) is 32.2 Å². The molecule has 0 spiro atoms. The van der Waals surface area contributed by atoms with Gasteiger partial charge in [0, 0.05) is 11.3 Å². The molecule has 2 rings (SSSR count). The minimum Gasteiger partial charge on any atom is -0.324 e. The van der Waals surface area contributed by atoms with Crippen molar-refractivity contribution in [3.63, 3.8) is 0 Å². The van der Waals surface area contributed by atoms with Gasteiger partial charge in [0.15, 0.2) is 5.78 Å². The predicted molar refractivity (Wildman–Crippen MR) is 80.0 cm³/mol. The summed E-state index contributed by atoms with van der Waals surface area (Å²) in [7, 11) is 0. The molecular formula is C16H22N2O2. The van der Waals surface area contributed by atoms with Crippen LogP contribution in [0.25, 0.3) is 0 Å². The highest BCUT2D eigenvalue weighted by atomic mass is 16.2. The number of rotatable bonds is 5. The molecule has 0 bridgehead atoms. The number of Topliss-reactive ketones (excluding diaryl/α,β-unsaturated/α-hetero) is 1. The predicted octanol–water partition coefficient (Wildman–Crippen LogP) is 2.75. The number of benzene rings is 1. The molecule has 1 saturated heterocycles. The van der Waals surface area contributed by atoms with Crippen LogP contribution in [0.5, 0.6) is 0 Å². The fourth-order valence-corrected chi connectivity index (χ4v) is 2.82. The second-order valence-electron chi connectivity index (χ2n) is 5.45. The summed E-state index contributed by atoms with van der Waals surface area (Å²) in [5.41, 5.74) is 0.861. The van der Waals surface area contributed by atoms with E-state index in [1.807, 2.05) is 6.07 Å². The highest BCUT2D eigenvalue weighted by Crippen LogP contribution is 2.26. The van der Waals surface area contributed by atoms with E-state index in [9.17, 15) is 9.59 Å². The van der Waals surface area contributed by atoms with Crippen molar-refractivity contribution in [2.24, 2.45) is 0 Å². The molecule has 1 aromatic carbocycles. The van der Waals surface area contributed by atoms with E-state index in [2.05, 4.69) is 17.6 Å². The van der Waals surface area contributed by atoms with Gasteiger partial charge >= 0.3 is 0 Å². The third-order valence-corrected chi connectivity index (χ3v) is 3.88. The van der Waals surface area contributed by atoms with E-state index in [-0.39, 0.29) is 11.7 Å². The highest BCUT2D eigenvalue weighted by molar-refractivity contribution is 6.00. The molecule has 1 aliphatic heterocycles. The van der Waals surface area contributed by atoms with E-state index >= 15 is 0 Å². The van der Waals surface area contributed by atoms with Crippen LogP contribution in [-0.2, 0) is 4.79 Å². The molecule has 1 heterocycles. The molecule has 1 fully saturated rings. The zero-order chi connectivity index (χ0) is 14.6. The van der Waals surface area contributed by atoms with Crippen LogP contribution in [0.2, 0.25) is 0 Å². The zero-order valence-corrected chi connectivity index (χ0v) is 12.2. The largest absolute Gasteiger partial charge is 0.324 e. The molecule has 1 aliphatic rings. The molecule has 0 radical (unpaired) electrons. The maximum Gasteiger partial charge on any atom is 0.244 e. The number of carbonyl (C=O) groups excluding carboxylic acids is 2. The average molecular weight is 274 g/mol. The fraction of sp³-hybridized carbons (Fsp3) is 0.500. The Morgan fingerprint density at radius 2 is 2.20 bits per heavy atom. The van der Waals surface area contributed by atoms with Gasteiger partial charge in [0.05, 0.1) is 5.54 Å². The van der Waals surface area contributed by atoms with Crippen LogP contribution in [0.15, 0.2) is 24.3 Å². The van der Waals surface area contributed by atoms with E-state index in [0.29, 0.717) is 11.3 Å². The molecule has 1 amide bonds. The lowest BCUT2D eigenvalue weighted by Crippen LogP contribution is -2.50. The van der Waals surface area contributed by atoms with Crippen LogP contribution >= 0.6 is 0 Å². The van der Waals surface area contributed by atoms with Crippen molar-refractivity contribution in [2.75, 3.05) is 11.9 Å². The summed E-state index contributed by atoms with van der Waals surface area (Å²) in [5, 5.41) is 6.30. The van der Waals surface area contributed by atoms with Gasteiger partial charge in [-0.25, -0.2) is 0 Å². The lowest BCUT2D eigenvalue weighted by molar-refractivity contribution is -0.122. The molecule has 20 heavy (non-hydrogen) atoms. The SMILES string of the molecule is CCCC1(C(=O)Nc2cccc(C(C)=O)c2)CCCN1. The maximum atomic E-state index is 12.5. The standard InChI is InChI=1S/C16H22N2O2/c1-3-8-16(9-5-10-17-16)15(20)18-14-7-4-6-13(11-14)12(2)19/h4,6-7,11,17H,3,5,8-10H2,1-2H3,(H,18,20). The van der Waals surface area contributed by atoms with E-state index < -0.39 is 5.54 Å². The van der Waals surface area contributed by atoms with Gasteiger partial charge in [-0.05, 0) is 44.9 Å². The Bertz CT molecular complexity index is 505. The summed E-state index contributed by atoms with van der Waals surface area (Å²) in [6, 6.07) is 7.10. The van der Waals surface area contributed by atoms with E-state index in [4.69, 9.17) is 0 Å². The summed E-state index contributed by atoms with van der Waals surface area (Å²) in [5.74, 6) is 0.0147. The fourth-order valence-electron chi connectivity index (χ4n) is 2.82. The van der Waals surface area contributed by atoms with Gasteiger partial charge in [0.2, 0.25) is 5.91 Å². The molecule has 0 saturated carbocycles. The molecule has 108 valence electrons. The Morgan fingerprint density at radius 1 is 1.40 bits per heavy atom. The maximum absolute atomic E-state index is 12.5. The molecule has 1 aromatic rings. The molecule has 4 nitrogen and oxygen atoms in total. The van der Waals surface area contributed by atoms with Crippen molar-refractivity contribution in [3.8, 4) is 0 Å². The summed E-state index contributed by atoms with van der Waals surface area (Å²) in [6.45, 7) is 4.50. The number of hydrogen-bond acceptors (Lipinski definition) is 3. The van der Waals surface area contributed by atoms with Crippen molar-refractivity contribution in [2.45, 2.75) is 45.1 Å². The quantitative estimate of drug-likeness (QED) is 0.812. The van der Waals surface area contributed by atoms with Gasteiger partial charge in [-0.2, -0.15) is 0 Å². The van der Waals surface area contributed by atoms with Gasteiger partial charge in [-0.15, -0.1) is 0 Å². The van der Waals surface area contributed by atoms with Gasteiger partial charge in [-0.3, -0.25) is 9.59 Å². The Labute approximate surface area is 119 Å². The van der Waals surface area contributed by atoms with E-state index in [1.165, 1.54) is 6.92 Å². The van der Waals surface area contributed by atoms with Crippen LogP contribution in [0.1, 0.15) is 49.9 Å². The number of amides is 1. The Kier molecular flexibility index (Phi) is 4.55. The first-order chi connectivity index (χ1) is 9.57. The second kappa shape index (κ2) is 6.18. The van der Waals surface area contributed by atoms with Crippen LogP contribution in [0.3, 0.4) is 0 Å². The monoisotopic (exact) mass is 274 g/mol. The van der Waals surface area contributed by atoms with Gasteiger partial charge in [-0.1, -0.05) is 25.5 Å². The second-order valence-corrected chi connectivity index (χ2v) is 5.45. The van der Waals surface area contributed by atoms with Crippen LogP contribution < -0.4 is 10.6 Å². The zero-order valence-electron chi connectivity index (χ0n) is 12.2. The number of nitrogens with one attached hydrogen (secondary N) is 2. The molecular weight excluding hydrogens is 252 g/mol. The van der Waals surface area contributed by atoms with Crippen molar-refractivity contribution in [3.05, 3.63) is 29.8 Å². The lowest BCUT2D eigenvalue weighted by atomic mass is 9.90. The smallest absolute Gasteiger partial charge is 0.244 e. The van der Waals surface area contributed by atoms with E-state index in [1.54, 1.807) is 18.2 Å². The topological polar surface area (TPSA) is 58.2 Å². The molecule has 0 aliphatic carbocycles. The minimum atomic E-state index is -0.443. The Hall–Kier alpha value is -1.68. The summed E-state index contributed by atoms with van der Waals surface area (Å²) >= 11 is 0. The van der Waals surface area contributed by atoms with Gasteiger partial charge < -0.3 is 10.6 Å². The third-order valence-electron chi connectivity index (χ3n) is 3.88. The van der Waals surface area contributed by atoms with Gasteiger partial charge in [0.25, 0.3) is 0 Å². The van der Waals surface area contributed by atoms with Gasteiger partial charge in [0.1, 0.15) is 0 Å². The Morgan fingerprint density at radius 3 is 2.80 bits per heavy atom. The number of ketones is 1. The minimum absolute atomic E-state index is 0.00311. The molecule has 2 N–H and O–H groups in total. The highest BCUT2D eigenvalue weighted by Gasteiger charge is 2.39. The third kappa shape index (κ3) is 3.07. The summed E-state index contributed by atoms with van der Waals surface area (Å²) in [4.78, 5) is 23.9. The lowest BCUT2D eigenvalue weighted by Gasteiger charge is -2.27. The number of hydrogen-bond donors (Lipinski definition) is 2. The number of carbonyl (C=O) groups is 2. The van der Waals surface area contributed by atoms with Crippen LogP contribution in [-0.4, -0.2) is 23.8 Å². The van der Waals surface area contributed by atoms with Crippen LogP contribution in [0, 0.1) is 0 Å². The first-order valence-corrected chi connectivity index (χ1v) is 7.25. The number of anilines is 1. The summed E-state index contributed by atoms with van der Waals surface area (Å²) in [6.07, 6.45) is 3.71. The first-order valence-electron chi connectivity index (χ1n) is 7.25. The summed E-state index contributed by atoms with van der Waals surface area (Å²) < 4.78 is 0. The van der Waals surface area contributed by atoms with Crippen molar-refractivity contribution < 1.29 is 9.59 Å².